The minimum Gasteiger partial charge on any atom is -0.411 e. The smallest absolute Gasteiger partial charge is 0.270 e. The van der Waals surface area contributed by atoms with Crippen molar-refractivity contribution in [3.63, 3.8) is 0 Å². The number of carbonyl (C=O) groups is 1. The van der Waals surface area contributed by atoms with Gasteiger partial charge in [-0.05, 0) is 17.5 Å². The minimum atomic E-state index is -0.439. The molecule has 0 saturated carbocycles. The second-order valence-corrected chi connectivity index (χ2v) is 3.48. The average molecular weight is 206 g/mol. The van der Waals surface area contributed by atoms with Gasteiger partial charge in [-0.3, -0.25) is 4.79 Å². The fourth-order valence-corrected chi connectivity index (χ4v) is 1.33. The van der Waals surface area contributed by atoms with Gasteiger partial charge in [0.1, 0.15) is 6.21 Å². The third-order valence-corrected chi connectivity index (χ3v) is 2.02. The van der Waals surface area contributed by atoms with E-state index in [-0.39, 0.29) is 0 Å². The Labute approximate surface area is 88.6 Å². The van der Waals surface area contributed by atoms with E-state index in [0.717, 1.165) is 17.5 Å². The first-order chi connectivity index (χ1) is 7.15. The molecule has 0 aromatic heterocycles. The zero-order chi connectivity index (χ0) is 11.3. The van der Waals surface area contributed by atoms with Crippen LogP contribution in [-0.2, 0) is 4.79 Å². The van der Waals surface area contributed by atoms with Gasteiger partial charge >= 0.3 is 0 Å². The Bertz CT molecular complexity index is 373. The molecule has 0 aliphatic carbocycles. The summed E-state index contributed by atoms with van der Waals surface area (Å²) >= 11 is 0. The molecule has 0 fully saturated rings. The van der Waals surface area contributed by atoms with Gasteiger partial charge in [0, 0.05) is 5.69 Å². The largest absolute Gasteiger partial charge is 0.411 e. The van der Waals surface area contributed by atoms with Crippen LogP contribution in [0.15, 0.2) is 29.4 Å². The average Bonchev–Trinajstić information content (AvgIpc) is 2.18. The number of oxime groups is 1. The van der Waals surface area contributed by atoms with Gasteiger partial charge in [-0.2, -0.15) is 0 Å². The first-order valence-electron chi connectivity index (χ1n) is 4.72. The van der Waals surface area contributed by atoms with Crippen LogP contribution in [-0.4, -0.2) is 17.3 Å². The van der Waals surface area contributed by atoms with Crippen molar-refractivity contribution in [2.24, 2.45) is 5.16 Å². The maximum absolute atomic E-state index is 11.2. The molecule has 0 bridgehead atoms. The summed E-state index contributed by atoms with van der Waals surface area (Å²) < 4.78 is 0. The van der Waals surface area contributed by atoms with Crippen LogP contribution in [0.25, 0.3) is 0 Å². The lowest BCUT2D eigenvalue weighted by Crippen LogP contribution is -2.14. The molecule has 0 aliphatic heterocycles. The maximum atomic E-state index is 11.2. The fourth-order valence-electron chi connectivity index (χ4n) is 1.33. The lowest BCUT2D eigenvalue weighted by Gasteiger charge is -2.11. The molecule has 1 aromatic carbocycles. The molecule has 2 N–H and O–H groups in total. The van der Waals surface area contributed by atoms with Crippen LogP contribution in [0.3, 0.4) is 0 Å². The molecular weight excluding hydrogens is 192 g/mol. The van der Waals surface area contributed by atoms with E-state index in [9.17, 15) is 4.79 Å². The Morgan fingerprint density at radius 2 is 2.13 bits per heavy atom. The second-order valence-electron chi connectivity index (χ2n) is 3.48. The van der Waals surface area contributed by atoms with Gasteiger partial charge in [-0.1, -0.05) is 37.2 Å². The van der Waals surface area contributed by atoms with Gasteiger partial charge in [-0.15, -0.1) is 0 Å². The minimum absolute atomic E-state index is 0.326. The number of carbonyl (C=O) groups excluding carboxylic acids is 1. The molecule has 1 amide bonds. The summed E-state index contributed by atoms with van der Waals surface area (Å²) in [5.41, 5.74) is 1.80. The molecule has 0 heterocycles. The highest BCUT2D eigenvalue weighted by Gasteiger charge is 2.07. The third-order valence-electron chi connectivity index (χ3n) is 2.02. The van der Waals surface area contributed by atoms with Crippen LogP contribution >= 0.6 is 0 Å². The van der Waals surface area contributed by atoms with Crippen LogP contribution < -0.4 is 5.32 Å². The van der Waals surface area contributed by atoms with E-state index in [2.05, 4.69) is 10.5 Å². The van der Waals surface area contributed by atoms with Gasteiger partial charge in [-0.25, -0.2) is 0 Å². The summed E-state index contributed by atoms with van der Waals surface area (Å²) in [6, 6.07) is 7.54. The molecule has 0 atom stereocenters. The van der Waals surface area contributed by atoms with Crippen molar-refractivity contribution < 1.29 is 10.0 Å². The maximum Gasteiger partial charge on any atom is 0.270 e. The lowest BCUT2D eigenvalue weighted by molar-refractivity contribution is -0.110. The van der Waals surface area contributed by atoms with E-state index in [4.69, 9.17) is 5.21 Å². The summed E-state index contributed by atoms with van der Waals surface area (Å²) in [6.07, 6.45) is 0.830. The number of nitrogens with zero attached hydrogens (tertiary/aromatic N) is 1. The van der Waals surface area contributed by atoms with Crippen molar-refractivity contribution in [1.82, 2.24) is 0 Å². The number of hydrogen-bond donors (Lipinski definition) is 2. The quantitative estimate of drug-likeness (QED) is 0.452. The van der Waals surface area contributed by atoms with Gasteiger partial charge in [0.05, 0.1) is 0 Å². The Balaban J connectivity index is 2.89. The highest BCUT2D eigenvalue weighted by molar-refractivity contribution is 6.31. The molecule has 1 rings (SSSR count). The number of benzene rings is 1. The molecule has 0 aliphatic rings. The normalized spacial score (nSPS) is 10.9. The first-order valence-corrected chi connectivity index (χ1v) is 4.72. The molecular formula is C11H14N2O2. The predicted octanol–water partition coefficient (Wildman–Crippen LogP) is 2.21. The van der Waals surface area contributed by atoms with Crippen molar-refractivity contribution >= 4 is 17.8 Å². The second kappa shape index (κ2) is 5.14. The van der Waals surface area contributed by atoms with E-state index < -0.39 is 5.91 Å². The van der Waals surface area contributed by atoms with Crippen molar-refractivity contribution in [2.45, 2.75) is 19.8 Å². The number of nitrogens with one attached hydrogen (secondary N) is 1. The van der Waals surface area contributed by atoms with Crippen LogP contribution in [0.2, 0.25) is 0 Å². The van der Waals surface area contributed by atoms with E-state index >= 15 is 0 Å². The van der Waals surface area contributed by atoms with Crippen LogP contribution in [0.1, 0.15) is 25.3 Å². The zero-order valence-corrected chi connectivity index (χ0v) is 8.77. The van der Waals surface area contributed by atoms with Crippen molar-refractivity contribution in [3.8, 4) is 0 Å². The molecule has 0 saturated heterocycles. The molecule has 0 spiro atoms. The Morgan fingerprint density at radius 1 is 1.47 bits per heavy atom. The highest BCUT2D eigenvalue weighted by atomic mass is 16.4. The molecule has 15 heavy (non-hydrogen) atoms. The summed E-state index contributed by atoms with van der Waals surface area (Å²) in [7, 11) is 0. The van der Waals surface area contributed by atoms with Crippen LogP contribution in [0.4, 0.5) is 5.69 Å². The SMILES string of the molecule is CC(C)c1ccccc1NC(=O)/C=N/O. The standard InChI is InChI=1S/C11H14N2O2/c1-8(2)9-5-3-4-6-10(9)13-11(14)7-12-15/h3-8,15H,1-2H3,(H,13,14)/b12-7+. The topological polar surface area (TPSA) is 61.7 Å². The summed E-state index contributed by atoms with van der Waals surface area (Å²) in [5.74, 6) is -0.113. The van der Waals surface area contributed by atoms with E-state index in [0.29, 0.717) is 5.92 Å². The molecule has 4 nitrogen and oxygen atoms in total. The molecule has 80 valence electrons. The van der Waals surface area contributed by atoms with Gasteiger partial charge in [0.15, 0.2) is 0 Å². The zero-order valence-electron chi connectivity index (χ0n) is 8.77. The number of amides is 1. The molecule has 0 radical (unpaired) electrons. The van der Waals surface area contributed by atoms with E-state index in [1.165, 1.54) is 0 Å². The predicted molar refractivity (Wildman–Crippen MR) is 59.4 cm³/mol. The first kappa shape index (κ1) is 11.2. The van der Waals surface area contributed by atoms with E-state index in [1.54, 1.807) is 0 Å². The Morgan fingerprint density at radius 3 is 2.73 bits per heavy atom. The van der Waals surface area contributed by atoms with Crippen molar-refractivity contribution in [1.29, 1.82) is 0 Å². The number of rotatable bonds is 3. The van der Waals surface area contributed by atoms with E-state index in [1.807, 2.05) is 38.1 Å². The fraction of sp³-hybridized carbons (Fsp3) is 0.273. The third kappa shape index (κ3) is 3.09. The summed E-state index contributed by atoms with van der Waals surface area (Å²) in [5, 5.41) is 13.5. The van der Waals surface area contributed by atoms with Gasteiger partial charge in [0.25, 0.3) is 5.91 Å². The van der Waals surface area contributed by atoms with Crippen molar-refractivity contribution in [2.75, 3.05) is 5.32 Å². The molecule has 0 unspecified atom stereocenters. The monoisotopic (exact) mass is 206 g/mol. The van der Waals surface area contributed by atoms with Crippen LogP contribution in [0, 0.1) is 0 Å². The van der Waals surface area contributed by atoms with Crippen LogP contribution in [0.5, 0.6) is 0 Å². The number of hydrogen-bond acceptors (Lipinski definition) is 3. The number of para-hydroxylation sites is 1. The molecule has 1 aromatic rings. The summed E-state index contributed by atoms with van der Waals surface area (Å²) in [6.45, 7) is 4.09. The Kier molecular flexibility index (Phi) is 3.85. The highest BCUT2D eigenvalue weighted by Crippen LogP contribution is 2.23. The number of anilines is 1. The van der Waals surface area contributed by atoms with Crippen molar-refractivity contribution in [3.05, 3.63) is 29.8 Å². The van der Waals surface area contributed by atoms with Gasteiger partial charge < -0.3 is 10.5 Å². The van der Waals surface area contributed by atoms with Gasteiger partial charge in [0.2, 0.25) is 0 Å². The molecule has 4 heteroatoms. The summed E-state index contributed by atoms with van der Waals surface area (Å²) in [4.78, 5) is 11.2. The lowest BCUT2D eigenvalue weighted by atomic mass is 10.0. The Hall–Kier alpha value is -1.84.